The van der Waals surface area contributed by atoms with Crippen LogP contribution in [-0.4, -0.2) is 82.3 Å². The van der Waals surface area contributed by atoms with E-state index in [1.807, 2.05) is 26.2 Å². The molecule has 0 unspecified atom stereocenters. The first-order valence-electron chi connectivity index (χ1n) is 15.7. The van der Waals surface area contributed by atoms with Gasteiger partial charge in [-0.3, -0.25) is 4.79 Å². The molecule has 6 rings (SSSR count). The summed E-state index contributed by atoms with van der Waals surface area (Å²) < 4.78 is 24.7. The van der Waals surface area contributed by atoms with Crippen molar-refractivity contribution in [2.24, 2.45) is 13.0 Å². The van der Waals surface area contributed by atoms with Crippen LogP contribution < -0.4 is 5.32 Å². The molecule has 9 nitrogen and oxygen atoms in total. The zero-order valence-electron chi connectivity index (χ0n) is 26.2. The van der Waals surface area contributed by atoms with Crippen molar-refractivity contribution in [3.63, 3.8) is 0 Å². The van der Waals surface area contributed by atoms with Crippen molar-refractivity contribution in [3.05, 3.63) is 65.5 Å². The molecular formula is C35H41FN6O3. The number of rotatable bonds is 15. The van der Waals surface area contributed by atoms with E-state index in [1.54, 1.807) is 18.2 Å². The van der Waals surface area contributed by atoms with E-state index in [0.717, 1.165) is 104 Å². The maximum Gasteiger partial charge on any atom is 0.174 e. The molecule has 1 aliphatic rings. The van der Waals surface area contributed by atoms with Gasteiger partial charge in [0, 0.05) is 56.3 Å². The second kappa shape index (κ2) is 13.5. The summed E-state index contributed by atoms with van der Waals surface area (Å²) in [6, 6.07) is 14.4. The van der Waals surface area contributed by atoms with Crippen LogP contribution in [0, 0.1) is 11.7 Å². The van der Waals surface area contributed by atoms with Gasteiger partial charge in [-0.1, -0.05) is 6.07 Å². The number of hydrogen-bond donors (Lipinski definition) is 2. The molecule has 3 heterocycles. The molecule has 1 saturated carbocycles. The number of imidazole rings is 1. The van der Waals surface area contributed by atoms with Gasteiger partial charge >= 0.3 is 0 Å². The number of phenols is 1. The van der Waals surface area contributed by atoms with Gasteiger partial charge in [0.05, 0.1) is 29.0 Å². The van der Waals surface area contributed by atoms with Crippen LogP contribution in [0.2, 0.25) is 0 Å². The van der Waals surface area contributed by atoms with Gasteiger partial charge in [0.15, 0.2) is 17.4 Å². The lowest BCUT2D eigenvalue weighted by Crippen LogP contribution is -2.24. The van der Waals surface area contributed by atoms with Crippen molar-refractivity contribution in [3.8, 4) is 28.5 Å². The van der Waals surface area contributed by atoms with E-state index in [4.69, 9.17) is 14.7 Å². The number of phenolic OH excluding ortho intramolecular Hbond substituents is 1. The molecule has 0 atom stereocenters. The van der Waals surface area contributed by atoms with Crippen molar-refractivity contribution in [1.82, 2.24) is 29.3 Å². The summed E-state index contributed by atoms with van der Waals surface area (Å²) in [5, 5.41) is 14.0. The lowest BCUT2D eigenvalue weighted by atomic mass is 10.0. The SMILES string of the molecule is CNCCOCCCN(C)CCc1cc2c(cc1C=O)nc(-c1cc3ccc(-c4cccc(O)c4F)nc3n1CC1CC1)n2C. The number of carbonyl (C=O) groups is 1. The summed E-state index contributed by atoms with van der Waals surface area (Å²) in [6.07, 6.45) is 4.95. The number of aldehydes is 1. The number of carbonyl (C=O) groups excluding carboxylic acids is 1. The molecule has 0 spiro atoms. The van der Waals surface area contributed by atoms with E-state index >= 15 is 0 Å². The number of likely N-dealkylation sites (N-methyl/N-ethyl adjacent to an activating group) is 2. The number of nitrogens with zero attached hydrogens (tertiary/aromatic N) is 5. The minimum atomic E-state index is -0.678. The molecule has 0 bridgehead atoms. The maximum atomic E-state index is 14.8. The molecule has 236 valence electrons. The molecule has 10 heteroatoms. The standard InChI is InChI=1S/C35H41FN6O3/c1-37-13-17-45-16-5-14-40(2)15-12-24-19-30-29(18-26(24)22-43)39-35(41(30)3)31-20-25-10-11-28(27-6-4-7-32(44)33(27)36)38-34(25)42(31)21-23-8-9-23/h4,6-7,10-11,18-20,22-23,37,44H,5,8-9,12-17,21H2,1-3H3. The van der Waals surface area contributed by atoms with E-state index in [2.05, 4.69) is 38.5 Å². The van der Waals surface area contributed by atoms with Crippen LogP contribution in [0.4, 0.5) is 4.39 Å². The Bertz CT molecular complexity index is 1830. The number of hydrogen-bond acceptors (Lipinski definition) is 7. The lowest BCUT2D eigenvalue weighted by Gasteiger charge is -2.17. The maximum absolute atomic E-state index is 14.8. The first-order valence-corrected chi connectivity index (χ1v) is 15.7. The summed E-state index contributed by atoms with van der Waals surface area (Å²) in [4.78, 5) is 24.3. The number of benzene rings is 2. The van der Waals surface area contributed by atoms with Crippen LogP contribution in [0.25, 0.3) is 44.8 Å². The summed E-state index contributed by atoms with van der Waals surface area (Å²) in [6.45, 7) is 4.85. The van der Waals surface area contributed by atoms with E-state index in [-0.39, 0.29) is 5.56 Å². The number of aryl methyl sites for hydroxylation is 1. The quantitative estimate of drug-likeness (QED) is 0.120. The Morgan fingerprint density at radius 2 is 1.98 bits per heavy atom. The van der Waals surface area contributed by atoms with Crippen molar-refractivity contribution in [2.75, 3.05) is 46.9 Å². The van der Waals surface area contributed by atoms with E-state index in [9.17, 15) is 14.3 Å². The van der Waals surface area contributed by atoms with Gasteiger partial charge in [0.2, 0.25) is 0 Å². The first kappa shape index (κ1) is 30.9. The largest absolute Gasteiger partial charge is 0.505 e. The summed E-state index contributed by atoms with van der Waals surface area (Å²) in [7, 11) is 6.03. The van der Waals surface area contributed by atoms with E-state index < -0.39 is 11.6 Å². The minimum Gasteiger partial charge on any atom is -0.505 e. The van der Waals surface area contributed by atoms with Crippen molar-refractivity contribution < 1.29 is 19.0 Å². The molecule has 2 aromatic carbocycles. The lowest BCUT2D eigenvalue weighted by molar-refractivity contribution is 0.112. The van der Waals surface area contributed by atoms with Crippen LogP contribution in [0.15, 0.2) is 48.5 Å². The Labute approximate surface area is 262 Å². The van der Waals surface area contributed by atoms with Gasteiger partial charge in [-0.05, 0) is 93.7 Å². The molecule has 5 aromatic rings. The van der Waals surface area contributed by atoms with Gasteiger partial charge in [0.1, 0.15) is 11.9 Å². The van der Waals surface area contributed by atoms with E-state index in [1.165, 1.54) is 6.07 Å². The molecule has 0 radical (unpaired) electrons. The Kier molecular flexibility index (Phi) is 9.25. The molecule has 1 fully saturated rings. The van der Waals surface area contributed by atoms with Gasteiger partial charge < -0.3 is 29.2 Å². The van der Waals surface area contributed by atoms with Gasteiger partial charge in [-0.2, -0.15) is 0 Å². The van der Waals surface area contributed by atoms with Crippen LogP contribution in [0.5, 0.6) is 5.75 Å². The zero-order chi connectivity index (χ0) is 31.5. The Morgan fingerprint density at radius 1 is 1.13 bits per heavy atom. The fourth-order valence-corrected chi connectivity index (χ4v) is 5.91. The third-order valence-electron chi connectivity index (χ3n) is 8.72. The molecular weight excluding hydrogens is 571 g/mol. The third-order valence-corrected chi connectivity index (χ3v) is 8.72. The fraction of sp³-hybridized carbons (Fsp3) is 0.400. The highest BCUT2D eigenvalue weighted by atomic mass is 19.1. The molecule has 2 N–H and O–H groups in total. The Balaban J connectivity index is 1.30. The predicted molar refractivity (Wildman–Crippen MR) is 175 cm³/mol. The van der Waals surface area contributed by atoms with Crippen LogP contribution in [-0.2, 0) is 24.8 Å². The molecule has 0 amide bonds. The van der Waals surface area contributed by atoms with Crippen molar-refractivity contribution >= 4 is 28.4 Å². The summed E-state index contributed by atoms with van der Waals surface area (Å²) in [5.74, 6) is 0.275. The summed E-state index contributed by atoms with van der Waals surface area (Å²) in [5.41, 5.74) is 5.81. The van der Waals surface area contributed by atoms with Gasteiger partial charge in [-0.25, -0.2) is 14.4 Å². The fourth-order valence-electron chi connectivity index (χ4n) is 5.91. The third kappa shape index (κ3) is 6.63. The number of halogens is 1. The number of pyridine rings is 1. The summed E-state index contributed by atoms with van der Waals surface area (Å²) >= 11 is 0. The average Bonchev–Trinajstić information content (AvgIpc) is 3.72. The normalized spacial score (nSPS) is 13.4. The first-order chi connectivity index (χ1) is 21.9. The van der Waals surface area contributed by atoms with Crippen molar-refractivity contribution in [2.45, 2.75) is 32.2 Å². The van der Waals surface area contributed by atoms with Gasteiger partial charge in [0.25, 0.3) is 0 Å². The number of ether oxygens (including phenoxy) is 1. The zero-order valence-corrected chi connectivity index (χ0v) is 26.2. The highest BCUT2D eigenvalue weighted by Crippen LogP contribution is 2.37. The Morgan fingerprint density at radius 3 is 2.76 bits per heavy atom. The molecule has 1 aliphatic carbocycles. The second-order valence-electron chi connectivity index (χ2n) is 12.1. The molecule has 45 heavy (non-hydrogen) atoms. The monoisotopic (exact) mass is 612 g/mol. The van der Waals surface area contributed by atoms with Gasteiger partial charge in [-0.15, -0.1) is 0 Å². The number of aromatic hydroxyl groups is 1. The van der Waals surface area contributed by atoms with Crippen LogP contribution in [0.1, 0.15) is 35.2 Å². The second-order valence-corrected chi connectivity index (χ2v) is 12.1. The van der Waals surface area contributed by atoms with Crippen molar-refractivity contribution in [1.29, 1.82) is 0 Å². The molecule has 0 saturated heterocycles. The topological polar surface area (TPSA) is 97.4 Å². The smallest absolute Gasteiger partial charge is 0.174 e. The Hall–Kier alpha value is -4.12. The number of aromatic nitrogens is 4. The number of nitrogens with one attached hydrogen (secondary N) is 1. The number of fused-ring (bicyclic) bond motifs is 2. The van der Waals surface area contributed by atoms with Crippen LogP contribution in [0.3, 0.4) is 0 Å². The average molecular weight is 613 g/mol. The highest BCUT2D eigenvalue weighted by molar-refractivity contribution is 5.91. The minimum absolute atomic E-state index is 0.262. The predicted octanol–water partition coefficient (Wildman–Crippen LogP) is 5.42. The van der Waals surface area contributed by atoms with E-state index in [0.29, 0.717) is 23.8 Å². The molecule has 0 aliphatic heterocycles. The van der Waals surface area contributed by atoms with Crippen LogP contribution >= 0.6 is 0 Å². The highest BCUT2D eigenvalue weighted by Gasteiger charge is 2.26. The molecule has 3 aromatic heterocycles.